The average molecular weight is 271 g/mol. The van der Waals surface area contributed by atoms with Crippen LogP contribution in [-0.4, -0.2) is 22.7 Å². The highest BCUT2D eigenvalue weighted by atomic mass is 16.5. The summed E-state index contributed by atoms with van der Waals surface area (Å²) >= 11 is 0. The summed E-state index contributed by atoms with van der Waals surface area (Å²) in [6.45, 7) is 0.610. The van der Waals surface area contributed by atoms with Crippen LogP contribution in [0.5, 0.6) is 0 Å². The number of para-hydroxylation sites is 1. The van der Waals surface area contributed by atoms with Gasteiger partial charge in [-0.3, -0.25) is 4.79 Å². The summed E-state index contributed by atoms with van der Waals surface area (Å²) in [5, 5.41) is 10.7. The van der Waals surface area contributed by atoms with E-state index >= 15 is 0 Å². The minimum atomic E-state index is -0.742. The molecule has 0 amide bonds. The van der Waals surface area contributed by atoms with Crippen molar-refractivity contribution in [3.8, 4) is 0 Å². The number of H-pyrrole nitrogens is 1. The number of benzene rings is 1. The minimum Gasteiger partial charge on any atom is -0.481 e. The molecular formula is C16H17NO3. The summed E-state index contributed by atoms with van der Waals surface area (Å²) in [7, 11) is 0. The predicted octanol–water partition coefficient (Wildman–Crippen LogP) is 2.82. The van der Waals surface area contributed by atoms with E-state index in [1.165, 1.54) is 10.9 Å². The monoisotopic (exact) mass is 271 g/mol. The lowest BCUT2D eigenvalue weighted by Crippen LogP contribution is -2.42. The summed E-state index contributed by atoms with van der Waals surface area (Å²) in [5.41, 5.74) is 2.70. The van der Waals surface area contributed by atoms with Crippen LogP contribution >= 0.6 is 0 Å². The third-order valence-electron chi connectivity index (χ3n) is 4.85. The number of aliphatic carboxylic acids is 1. The zero-order valence-electron chi connectivity index (χ0n) is 11.2. The lowest BCUT2D eigenvalue weighted by atomic mass is 9.83. The number of aromatic nitrogens is 1. The third kappa shape index (κ3) is 1.43. The second-order valence-corrected chi connectivity index (χ2v) is 5.80. The van der Waals surface area contributed by atoms with Gasteiger partial charge in [-0.05, 0) is 37.3 Å². The van der Waals surface area contributed by atoms with Gasteiger partial charge < -0.3 is 14.8 Å². The molecule has 0 saturated heterocycles. The van der Waals surface area contributed by atoms with Gasteiger partial charge in [-0.2, -0.15) is 0 Å². The highest BCUT2D eigenvalue weighted by molar-refractivity contribution is 5.86. The van der Waals surface area contributed by atoms with Gasteiger partial charge in [-0.15, -0.1) is 0 Å². The van der Waals surface area contributed by atoms with E-state index in [2.05, 4.69) is 11.1 Å². The Labute approximate surface area is 116 Å². The molecule has 0 bridgehead atoms. The molecule has 1 aliphatic carbocycles. The molecule has 1 aromatic heterocycles. The van der Waals surface area contributed by atoms with E-state index in [1.807, 2.05) is 18.2 Å². The van der Waals surface area contributed by atoms with Crippen LogP contribution in [0, 0.1) is 5.92 Å². The molecule has 2 aromatic rings. The number of aromatic amines is 1. The lowest BCUT2D eigenvalue weighted by Gasteiger charge is -2.37. The molecule has 4 heteroatoms. The summed E-state index contributed by atoms with van der Waals surface area (Å²) < 4.78 is 6.04. The van der Waals surface area contributed by atoms with Gasteiger partial charge in [0.1, 0.15) is 5.60 Å². The highest BCUT2D eigenvalue weighted by Crippen LogP contribution is 2.50. The van der Waals surface area contributed by atoms with E-state index in [0.717, 1.165) is 30.5 Å². The topological polar surface area (TPSA) is 62.3 Å². The number of hydrogen-bond donors (Lipinski definition) is 2. The Kier molecular flexibility index (Phi) is 2.45. The van der Waals surface area contributed by atoms with Crippen LogP contribution in [0.4, 0.5) is 0 Å². The maximum atomic E-state index is 11.6. The zero-order chi connectivity index (χ0) is 13.7. The fourth-order valence-corrected chi connectivity index (χ4v) is 4.00. The van der Waals surface area contributed by atoms with Gasteiger partial charge >= 0.3 is 5.97 Å². The molecule has 104 valence electrons. The van der Waals surface area contributed by atoms with Crippen LogP contribution < -0.4 is 0 Å². The number of carboxylic acids is 1. The number of carbonyl (C=O) groups is 1. The van der Waals surface area contributed by atoms with Gasteiger partial charge in [0.2, 0.25) is 0 Å². The molecule has 1 aliphatic heterocycles. The minimum absolute atomic E-state index is 0.436. The van der Waals surface area contributed by atoms with Gasteiger partial charge in [0, 0.05) is 10.9 Å². The van der Waals surface area contributed by atoms with Crippen LogP contribution in [0.25, 0.3) is 10.9 Å². The first-order valence-electron chi connectivity index (χ1n) is 7.19. The molecule has 4 nitrogen and oxygen atoms in total. The second kappa shape index (κ2) is 4.09. The SMILES string of the molecule is O=C(O)C1CCCC12OCCc1c2[nH]c2ccccc12. The second-order valence-electron chi connectivity index (χ2n) is 5.80. The number of hydrogen-bond acceptors (Lipinski definition) is 2. The van der Waals surface area contributed by atoms with E-state index in [1.54, 1.807) is 0 Å². The molecule has 2 heterocycles. The largest absolute Gasteiger partial charge is 0.481 e. The molecule has 20 heavy (non-hydrogen) atoms. The molecule has 4 rings (SSSR count). The third-order valence-corrected chi connectivity index (χ3v) is 4.85. The molecular weight excluding hydrogens is 254 g/mol. The molecule has 0 radical (unpaired) electrons. The van der Waals surface area contributed by atoms with Crippen molar-refractivity contribution < 1.29 is 14.6 Å². The maximum absolute atomic E-state index is 11.6. The van der Waals surface area contributed by atoms with Gasteiger partial charge in [0.25, 0.3) is 0 Å². The Bertz CT molecular complexity index is 690. The number of ether oxygens (including phenoxy) is 1. The van der Waals surface area contributed by atoms with Crippen molar-refractivity contribution >= 4 is 16.9 Å². The molecule has 2 aliphatic rings. The van der Waals surface area contributed by atoms with Crippen LogP contribution in [0.3, 0.4) is 0 Å². The van der Waals surface area contributed by atoms with E-state index < -0.39 is 17.5 Å². The Hall–Kier alpha value is -1.81. The normalized spacial score (nSPS) is 28.9. The summed E-state index contributed by atoms with van der Waals surface area (Å²) in [6.07, 6.45) is 3.26. The van der Waals surface area contributed by atoms with Gasteiger partial charge in [0.15, 0.2) is 0 Å². The van der Waals surface area contributed by atoms with Crippen LogP contribution in [-0.2, 0) is 21.6 Å². The van der Waals surface area contributed by atoms with Crippen molar-refractivity contribution in [2.75, 3.05) is 6.61 Å². The van der Waals surface area contributed by atoms with E-state index in [4.69, 9.17) is 4.74 Å². The van der Waals surface area contributed by atoms with E-state index in [9.17, 15) is 9.90 Å². The van der Waals surface area contributed by atoms with Crippen LogP contribution in [0.15, 0.2) is 24.3 Å². The average Bonchev–Trinajstić information content (AvgIpc) is 3.02. The summed E-state index contributed by atoms with van der Waals surface area (Å²) in [4.78, 5) is 15.1. The highest BCUT2D eigenvalue weighted by Gasteiger charge is 2.52. The van der Waals surface area contributed by atoms with Crippen molar-refractivity contribution in [1.29, 1.82) is 0 Å². The number of rotatable bonds is 1. The molecule has 2 N–H and O–H groups in total. The van der Waals surface area contributed by atoms with Crippen LogP contribution in [0.2, 0.25) is 0 Å². The first-order chi connectivity index (χ1) is 9.72. The summed E-state index contributed by atoms with van der Waals surface area (Å²) in [6, 6.07) is 8.18. The molecule has 1 fully saturated rings. The Morgan fingerprint density at radius 3 is 3.10 bits per heavy atom. The summed E-state index contributed by atoms with van der Waals surface area (Å²) in [5.74, 6) is -1.18. The zero-order valence-corrected chi connectivity index (χ0v) is 11.2. The maximum Gasteiger partial charge on any atom is 0.309 e. The Morgan fingerprint density at radius 2 is 2.25 bits per heavy atom. The van der Waals surface area contributed by atoms with Gasteiger partial charge in [0.05, 0.1) is 18.2 Å². The van der Waals surface area contributed by atoms with Gasteiger partial charge in [-0.25, -0.2) is 0 Å². The van der Waals surface area contributed by atoms with Crippen LogP contribution in [0.1, 0.15) is 30.5 Å². The van der Waals surface area contributed by atoms with Crippen molar-refractivity contribution in [1.82, 2.24) is 4.98 Å². The standard InChI is InChI=1S/C16H17NO3/c18-15(19)12-5-3-8-16(12)14-11(7-9-20-16)10-4-1-2-6-13(10)17-14/h1-2,4,6,12,17H,3,5,7-9H2,(H,18,19). The fraction of sp³-hybridized carbons (Fsp3) is 0.438. The Morgan fingerprint density at radius 1 is 1.40 bits per heavy atom. The molecule has 1 spiro atoms. The van der Waals surface area contributed by atoms with E-state index in [0.29, 0.717) is 13.0 Å². The van der Waals surface area contributed by atoms with Crippen molar-refractivity contribution in [3.05, 3.63) is 35.5 Å². The molecule has 2 unspecified atom stereocenters. The fourth-order valence-electron chi connectivity index (χ4n) is 4.00. The Balaban J connectivity index is 1.96. The molecule has 1 saturated carbocycles. The first-order valence-corrected chi connectivity index (χ1v) is 7.19. The van der Waals surface area contributed by atoms with Crippen molar-refractivity contribution in [2.24, 2.45) is 5.92 Å². The van der Waals surface area contributed by atoms with E-state index in [-0.39, 0.29) is 0 Å². The number of carboxylic acid groups (broad SMARTS) is 1. The van der Waals surface area contributed by atoms with Crippen molar-refractivity contribution in [3.63, 3.8) is 0 Å². The molecule has 1 aromatic carbocycles. The smallest absolute Gasteiger partial charge is 0.309 e. The van der Waals surface area contributed by atoms with Crippen molar-refractivity contribution in [2.45, 2.75) is 31.3 Å². The quantitative estimate of drug-likeness (QED) is 0.838. The number of nitrogens with one attached hydrogen (secondary N) is 1. The van der Waals surface area contributed by atoms with Gasteiger partial charge in [-0.1, -0.05) is 18.2 Å². The number of fused-ring (bicyclic) bond motifs is 4. The lowest BCUT2D eigenvalue weighted by molar-refractivity contribution is -0.158. The predicted molar refractivity (Wildman–Crippen MR) is 74.6 cm³/mol. The first kappa shape index (κ1) is 12.0. The molecule has 2 atom stereocenters.